The standard InChI is InChI=1S/C16H15Cl2N3O3/c1-2-3-4-5-24-15-13(6-10(8-19)16(22)23)21-9-11(17)7-12(18)14(21)20-15/h6-7,9H,2-5H2,1H3,(H,22,23)/b10-6+. The summed E-state index contributed by atoms with van der Waals surface area (Å²) in [7, 11) is 0. The van der Waals surface area contributed by atoms with E-state index in [2.05, 4.69) is 11.9 Å². The molecule has 2 aromatic heterocycles. The van der Waals surface area contributed by atoms with E-state index in [9.17, 15) is 4.79 Å². The van der Waals surface area contributed by atoms with E-state index >= 15 is 0 Å². The first-order valence-corrected chi connectivity index (χ1v) is 8.08. The zero-order chi connectivity index (χ0) is 17.7. The van der Waals surface area contributed by atoms with Gasteiger partial charge in [0.1, 0.15) is 17.3 Å². The van der Waals surface area contributed by atoms with Gasteiger partial charge in [-0.3, -0.25) is 4.40 Å². The first-order chi connectivity index (χ1) is 11.5. The predicted octanol–water partition coefficient (Wildman–Crippen LogP) is 4.20. The monoisotopic (exact) mass is 367 g/mol. The maximum Gasteiger partial charge on any atom is 0.346 e. The zero-order valence-corrected chi connectivity index (χ0v) is 14.4. The summed E-state index contributed by atoms with van der Waals surface area (Å²) >= 11 is 12.1. The number of carboxylic acids is 1. The molecule has 6 nitrogen and oxygen atoms in total. The van der Waals surface area contributed by atoms with Gasteiger partial charge < -0.3 is 9.84 Å². The number of halogens is 2. The molecule has 126 valence electrons. The van der Waals surface area contributed by atoms with Gasteiger partial charge in [-0.1, -0.05) is 43.0 Å². The molecule has 0 amide bonds. The smallest absolute Gasteiger partial charge is 0.346 e. The second-order valence-electron chi connectivity index (χ2n) is 5.03. The fraction of sp³-hybridized carbons (Fsp3) is 0.312. The number of nitriles is 1. The van der Waals surface area contributed by atoms with E-state index in [1.165, 1.54) is 22.7 Å². The summed E-state index contributed by atoms with van der Waals surface area (Å²) < 4.78 is 7.18. The molecule has 2 rings (SSSR count). The Morgan fingerprint density at radius 3 is 2.88 bits per heavy atom. The van der Waals surface area contributed by atoms with Gasteiger partial charge in [-0.05, 0) is 18.6 Å². The van der Waals surface area contributed by atoms with Crippen molar-refractivity contribution in [1.82, 2.24) is 9.38 Å². The van der Waals surface area contributed by atoms with Crippen molar-refractivity contribution in [1.29, 1.82) is 5.26 Å². The number of rotatable bonds is 7. The SMILES string of the molecule is CCCCCOc1nc2c(Cl)cc(Cl)cn2c1/C=C(\C#N)C(=O)O. The van der Waals surface area contributed by atoms with Gasteiger partial charge in [-0.15, -0.1) is 0 Å². The Morgan fingerprint density at radius 2 is 2.25 bits per heavy atom. The highest BCUT2D eigenvalue weighted by Gasteiger charge is 2.17. The van der Waals surface area contributed by atoms with Gasteiger partial charge in [-0.2, -0.15) is 10.2 Å². The molecule has 0 saturated heterocycles. The lowest BCUT2D eigenvalue weighted by Gasteiger charge is -2.04. The second-order valence-corrected chi connectivity index (χ2v) is 5.88. The number of fused-ring (bicyclic) bond motifs is 1. The van der Waals surface area contributed by atoms with E-state index in [1.807, 2.05) is 0 Å². The number of carboxylic acid groups (broad SMARTS) is 1. The van der Waals surface area contributed by atoms with Crippen molar-refractivity contribution in [2.45, 2.75) is 26.2 Å². The van der Waals surface area contributed by atoms with Crippen molar-refractivity contribution >= 4 is 40.9 Å². The second kappa shape index (κ2) is 8.04. The highest BCUT2D eigenvalue weighted by Crippen LogP contribution is 2.29. The zero-order valence-electron chi connectivity index (χ0n) is 12.9. The van der Waals surface area contributed by atoms with Crippen LogP contribution in [0.15, 0.2) is 17.8 Å². The molecule has 0 atom stereocenters. The molecule has 0 fully saturated rings. The van der Waals surface area contributed by atoms with E-state index in [-0.39, 0.29) is 5.88 Å². The Balaban J connectivity index is 2.55. The van der Waals surface area contributed by atoms with Crippen LogP contribution < -0.4 is 4.74 Å². The highest BCUT2D eigenvalue weighted by molar-refractivity contribution is 6.36. The normalized spacial score (nSPS) is 11.5. The van der Waals surface area contributed by atoms with Crippen molar-refractivity contribution in [2.24, 2.45) is 0 Å². The third kappa shape index (κ3) is 3.99. The molecule has 0 unspecified atom stereocenters. The summed E-state index contributed by atoms with van der Waals surface area (Å²) in [5.74, 6) is -1.12. The van der Waals surface area contributed by atoms with E-state index in [0.717, 1.165) is 19.3 Å². The Morgan fingerprint density at radius 1 is 1.50 bits per heavy atom. The molecule has 0 aromatic carbocycles. The lowest BCUT2D eigenvalue weighted by molar-refractivity contribution is -0.132. The molecular weight excluding hydrogens is 353 g/mol. The summed E-state index contributed by atoms with van der Waals surface area (Å²) in [4.78, 5) is 15.4. The average Bonchev–Trinajstić information content (AvgIpc) is 2.87. The minimum absolute atomic E-state index is 0.212. The Kier molecular flexibility index (Phi) is 6.07. The van der Waals surface area contributed by atoms with Crippen LogP contribution >= 0.6 is 23.2 Å². The molecule has 0 aliphatic rings. The van der Waals surface area contributed by atoms with Gasteiger partial charge in [0.15, 0.2) is 5.65 Å². The molecule has 0 aliphatic heterocycles. The topological polar surface area (TPSA) is 87.6 Å². The molecule has 0 spiro atoms. The number of carbonyl (C=O) groups is 1. The van der Waals surface area contributed by atoms with Crippen LogP contribution in [-0.2, 0) is 4.79 Å². The summed E-state index contributed by atoms with van der Waals surface area (Å²) in [6.07, 6.45) is 5.62. The van der Waals surface area contributed by atoms with Gasteiger partial charge in [0.2, 0.25) is 5.88 Å². The number of imidazole rings is 1. The number of ether oxygens (including phenoxy) is 1. The van der Waals surface area contributed by atoms with E-state index < -0.39 is 11.5 Å². The van der Waals surface area contributed by atoms with Crippen LogP contribution in [0.25, 0.3) is 11.7 Å². The van der Waals surface area contributed by atoms with Crippen molar-refractivity contribution in [3.05, 3.63) is 33.6 Å². The third-order valence-corrected chi connectivity index (χ3v) is 3.75. The van der Waals surface area contributed by atoms with E-state index in [4.69, 9.17) is 38.3 Å². The summed E-state index contributed by atoms with van der Waals surface area (Å²) in [5.41, 5.74) is 0.247. The van der Waals surface area contributed by atoms with Crippen LogP contribution in [0.4, 0.5) is 0 Å². The first-order valence-electron chi connectivity index (χ1n) is 7.33. The molecule has 2 aromatic rings. The maximum absolute atomic E-state index is 11.1. The van der Waals surface area contributed by atoms with Crippen molar-refractivity contribution in [2.75, 3.05) is 6.61 Å². The van der Waals surface area contributed by atoms with Crippen molar-refractivity contribution in [3.63, 3.8) is 0 Å². The maximum atomic E-state index is 11.1. The quantitative estimate of drug-likeness (QED) is 0.450. The molecule has 24 heavy (non-hydrogen) atoms. The molecule has 8 heteroatoms. The predicted molar refractivity (Wildman–Crippen MR) is 91.5 cm³/mol. The molecule has 0 aliphatic carbocycles. The highest BCUT2D eigenvalue weighted by atomic mass is 35.5. The Labute approximate surface area is 148 Å². The van der Waals surface area contributed by atoms with E-state index in [1.54, 1.807) is 6.07 Å². The first kappa shape index (κ1) is 18.1. The number of hydrogen-bond donors (Lipinski definition) is 1. The number of nitrogens with zero attached hydrogens (tertiary/aromatic N) is 3. The van der Waals surface area contributed by atoms with Crippen LogP contribution in [0.3, 0.4) is 0 Å². The molecule has 0 radical (unpaired) electrons. The number of aromatic nitrogens is 2. The van der Waals surface area contributed by atoms with Crippen molar-refractivity contribution < 1.29 is 14.6 Å². The summed E-state index contributed by atoms with van der Waals surface area (Å²) in [5, 5.41) is 18.7. The van der Waals surface area contributed by atoms with Crippen LogP contribution in [0.5, 0.6) is 5.88 Å². The molecule has 1 N–H and O–H groups in total. The molecule has 0 saturated carbocycles. The fourth-order valence-corrected chi connectivity index (χ4v) is 2.62. The molecule has 2 heterocycles. The number of hydrogen-bond acceptors (Lipinski definition) is 4. The minimum Gasteiger partial charge on any atom is -0.477 e. The number of aliphatic carboxylic acids is 1. The van der Waals surface area contributed by atoms with Gasteiger partial charge in [0.25, 0.3) is 0 Å². The lowest BCUT2D eigenvalue weighted by Crippen LogP contribution is -2.01. The summed E-state index contributed by atoms with van der Waals surface area (Å²) in [6.45, 7) is 2.51. The van der Waals surface area contributed by atoms with E-state index in [0.29, 0.717) is 28.0 Å². The number of unbranched alkanes of at least 4 members (excludes halogenated alkanes) is 2. The van der Waals surface area contributed by atoms with Crippen LogP contribution in [0.1, 0.15) is 31.9 Å². The minimum atomic E-state index is -1.34. The largest absolute Gasteiger partial charge is 0.477 e. The summed E-state index contributed by atoms with van der Waals surface area (Å²) in [6, 6.07) is 3.17. The van der Waals surface area contributed by atoms with Gasteiger partial charge in [0.05, 0.1) is 16.7 Å². The van der Waals surface area contributed by atoms with Crippen LogP contribution in [-0.4, -0.2) is 27.1 Å². The van der Waals surface area contributed by atoms with Crippen molar-refractivity contribution in [3.8, 4) is 11.9 Å². The Hall–Kier alpha value is -2.23. The number of pyridine rings is 1. The van der Waals surface area contributed by atoms with Crippen LogP contribution in [0, 0.1) is 11.3 Å². The lowest BCUT2D eigenvalue weighted by atomic mass is 10.2. The average molecular weight is 368 g/mol. The fourth-order valence-electron chi connectivity index (χ4n) is 2.11. The van der Waals surface area contributed by atoms with Gasteiger partial charge >= 0.3 is 5.97 Å². The molecule has 0 bridgehead atoms. The van der Waals surface area contributed by atoms with Gasteiger partial charge in [0, 0.05) is 6.20 Å². The van der Waals surface area contributed by atoms with Crippen LogP contribution in [0.2, 0.25) is 10.0 Å². The molecular formula is C16H15Cl2N3O3. The van der Waals surface area contributed by atoms with Gasteiger partial charge in [-0.25, -0.2) is 4.79 Å². The Bertz CT molecular complexity index is 837. The third-order valence-electron chi connectivity index (χ3n) is 3.26.